The molecule has 49 heavy (non-hydrogen) atoms. The van der Waals surface area contributed by atoms with E-state index in [1.807, 2.05) is 36.4 Å². The number of aromatic nitrogens is 3. The van der Waals surface area contributed by atoms with Crippen LogP contribution in [0.4, 0.5) is 10.5 Å². The van der Waals surface area contributed by atoms with Crippen LogP contribution in [0.3, 0.4) is 0 Å². The van der Waals surface area contributed by atoms with Gasteiger partial charge in [-0.25, -0.2) is 14.6 Å². The molecule has 1 aliphatic carbocycles. The molecule has 3 aliphatic rings. The van der Waals surface area contributed by atoms with Gasteiger partial charge in [0.2, 0.25) is 11.8 Å². The number of ether oxygens (including phenoxy) is 2. The standard InChI is InChI=1S/C37H38N6O6/c1-35(2,3)49-34(47)41-37(12-13-37)33(46)42-17-14-36(15-18-42)26-11-16-38-21-29(26)43(32(36)45)22-28-30(25-8-6-5-7-23(25)19-40-28)24-9-10-27(39-20-24)31(44)48-4/h5-11,16,19-21H,12-15,17-18,22H2,1-4H3,(H,41,47). The van der Waals surface area contributed by atoms with Crippen LogP contribution >= 0.6 is 0 Å². The Labute approximate surface area is 283 Å². The van der Waals surface area contributed by atoms with Gasteiger partial charge < -0.3 is 24.6 Å². The van der Waals surface area contributed by atoms with Gasteiger partial charge in [-0.05, 0) is 69.5 Å². The highest BCUT2D eigenvalue weighted by Crippen LogP contribution is 2.49. The molecule has 7 rings (SSSR count). The van der Waals surface area contributed by atoms with E-state index < -0.39 is 28.6 Å². The lowest BCUT2D eigenvalue weighted by molar-refractivity contribution is -0.138. The smallest absolute Gasteiger partial charge is 0.408 e. The second-order valence-corrected chi connectivity index (χ2v) is 14.0. The number of likely N-dealkylation sites (tertiary alicyclic amines) is 1. The molecule has 252 valence electrons. The fourth-order valence-electron chi connectivity index (χ4n) is 7.10. The summed E-state index contributed by atoms with van der Waals surface area (Å²) in [6, 6.07) is 13.2. The fourth-order valence-corrected chi connectivity index (χ4v) is 7.10. The van der Waals surface area contributed by atoms with Crippen LogP contribution in [0.5, 0.6) is 0 Å². The Hall–Kier alpha value is -5.39. The van der Waals surface area contributed by atoms with Crippen LogP contribution in [0.15, 0.2) is 67.3 Å². The fraction of sp³-hybridized carbons (Fsp3) is 0.378. The van der Waals surface area contributed by atoms with Crippen LogP contribution in [0.1, 0.15) is 68.2 Å². The zero-order valence-corrected chi connectivity index (χ0v) is 28.0. The summed E-state index contributed by atoms with van der Waals surface area (Å²) in [5.41, 5.74) is 1.57. The lowest BCUT2D eigenvalue weighted by Gasteiger charge is -2.40. The van der Waals surface area contributed by atoms with Gasteiger partial charge in [0.05, 0.1) is 36.6 Å². The van der Waals surface area contributed by atoms with Gasteiger partial charge in [0.15, 0.2) is 0 Å². The Morgan fingerprint density at radius 3 is 2.37 bits per heavy atom. The number of benzene rings is 1. The van der Waals surface area contributed by atoms with E-state index in [0.29, 0.717) is 44.5 Å². The third kappa shape index (κ3) is 5.74. The molecular weight excluding hydrogens is 624 g/mol. The van der Waals surface area contributed by atoms with E-state index in [1.54, 1.807) is 61.4 Å². The average molecular weight is 663 g/mol. The van der Waals surface area contributed by atoms with Gasteiger partial charge in [0.1, 0.15) is 16.8 Å². The van der Waals surface area contributed by atoms with E-state index in [-0.39, 0.29) is 24.1 Å². The van der Waals surface area contributed by atoms with Crippen LogP contribution in [-0.4, -0.2) is 75.1 Å². The molecule has 12 nitrogen and oxygen atoms in total. The predicted octanol–water partition coefficient (Wildman–Crippen LogP) is 4.94. The molecule has 1 saturated heterocycles. The third-order valence-electron chi connectivity index (χ3n) is 9.70. The summed E-state index contributed by atoms with van der Waals surface area (Å²) < 4.78 is 10.2. The van der Waals surface area contributed by atoms with Crippen molar-refractivity contribution in [3.05, 3.63) is 84.2 Å². The van der Waals surface area contributed by atoms with Crippen molar-refractivity contribution < 1.29 is 28.7 Å². The number of carbonyl (C=O) groups excluding carboxylic acids is 4. The first-order valence-electron chi connectivity index (χ1n) is 16.4. The molecule has 0 radical (unpaired) electrons. The van der Waals surface area contributed by atoms with Crippen LogP contribution in [0.25, 0.3) is 21.9 Å². The quantitative estimate of drug-likeness (QED) is 0.284. The number of anilines is 1. The molecule has 0 unspecified atom stereocenters. The molecule has 1 aromatic carbocycles. The Bertz CT molecular complexity index is 1980. The normalized spacial score (nSPS) is 17.5. The highest BCUT2D eigenvalue weighted by molar-refractivity contribution is 6.08. The van der Waals surface area contributed by atoms with Gasteiger partial charge in [0.25, 0.3) is 0 Å². The number of hydrogen-bond donors (Lipinski definition) is 1. The Balaban J connectivity index is 1.16. The number of nitrogens with one attached hydrogen (secondary N) is 1. The van der Waals surface area contributed by atoms with Gasteiger partial charge in [-0.3, -0.25) is 19.6 Å². The molecule has 12 heteroatoms. The molecule has 0 bridgehead atoms. The summed E-state index contributed by atoms with van der Waals surface area (Å²) in [5.74, 6) is -0.725. The van der Waals surface area contributed by atoms with Gasteiger partial charge >= 0.3 is 12.1 Å². The number of nitrogens with zero attached hydrogens (tertiary/aromatic N) is 5. The van der Waals surface area contributed by atoms with E-state index in [0.717, 1.165) is 33.2 Å². The zero-order chi connectivity index (χ0) is 34.6. The van der Waals surface area contributed by atoms with Crippen molar-refractivity contribution in [2.24, 2.45) is 0 Å². The van der Waals surface area contributed by atoms with E-state index in [2.05, 4.69) is 15.3 Å². The maximum absolute atomic E-state index is 14.6. The summed E-state index contributed by atoms with van der Waals surface area (Å²) in [6.07, 6.45) is 8.21. The molecule has 5 heterocycles. The van der Waals surface area contributed by atoms with Crippen LogP contribution in [-0.2, 0) is 31.0 Å². The number of alkyl carbamates (subject to hydrolysis) is 1. The van der Waals surface area contributed by atoms with Crippen molar-refractivity contribution in [3.8, 4) is 11.1 Å². The highest BCUT2D eigenvalue weighted by atomic mass is 16.6. The molecule has 1 saturated carbocycles. The second kappa shape index (κ2) is 11.9. The Kier molecular flexibility index (Phi) is 7.84. The van der Waals surface area contributed by atoms with Crippen LogP contribution < -0.4 is 10.2 Å². The van der Waals surface area contributed by atoms with Crippen molar-refractivity contribution in [1.29, 1.82) is 0 Å². The number of amides is 3. The van der Waals surface area contributed by atoms with E-state index in [4.69, 9.17) is 14.5 Å². The minimum Gasteiger partial charge on any atom is -0.464 e. The maximum atomic E-state index is 14.6. The molecule has 2 aliphatic heterocycles. The number of pyridine rings is 3. The molecule has 2 fully saturated rings. The Morgan fingerprint density at radius 1 is 0.939 bits per heavy atom. The molecule has 1 N–H and O–H groups in total. The number of rotatable bonds is 6. The van der Waals surface area contributed by atoms with E-state index >= 15 is 0 Å². The van der Waals surface area contributed by atoms with Gasteiger partial charge in [-0.1, -0.05) is 30.3 Å². The largest absolute Gasteiger partial charge is 0.464 e. The van der Waals surface area contributed by atoms with Gasteiger partial charge in [0, 0.05) is 48.2 Å². The predicted molar refractivity (Wildman–Crippen MR) is 181 cm³/mol. The number of fused-ring (bicyclic) bond motifs is 3. The van der Waals surface area contributed by atoms with Crippen molar-refractivity contribution in [2.45, 2.75) is 69.6 Å². The molecule has 1 spiro atoms. The lowest BCUT2D eigenvalue weighted by Crippen LogP contribution is -2.56. The van der Waals surface area contributed by atoms with Crippen molar-refractivity contribution in [1.82, 2.24) is 25.2 Å². The zero-order valence-electron chi connectivity index (χ0n) is 28.0. The van der Waals surface area contributed by atoms with Crippen LogP contribution in [0, 0.1) is 0 Å². The van der Waals surface area contributed by atoms with E-state index in [1.165, 1.54) is 7.11 Å². The third-order valence-corrected chi connectivity index (χ3v) is 9.70. The number of hydrogen-bond acceptors (Lipinski definition) is 9. The number of esters is 1. The SMILES string of the molecule is COC(=O)c1ccc(-c2c(CN3C(=O)C4(CCN(C(=O)C5(NC(=O)OC(C)(C)C)CC5)CC4)c4ccncc43)ncc3ccccc23)cn1. The van der Waals surface area contributed by atoms with Gasteiger partial charge in [-0.15, -0.1) is 0 Å². The second-order valence-electron chi connectivity index (χ2n) is 14.0. The number of piperidine rings is 1. The van der Waals surface area contributed by atoms with Crippen molar-refractivity contribution in [3.63, 3.8) is 0 Å². The van der Waals surface area contributed by atoms with Crippen molar-refractivity contribution >= 4 is 40.3 Å². The number of carbonyl (C=O) groups is 4. The summed E-state index contributed by atoms with van der Waals surface area (Å²) >= 11 is 0. The van der Waals surface area contributed by atoms with E-state index in [9.17, 15) is 19.2 Å². The van der Waals surface area contributed by atoms with Crippen LogP contribution in [0.2, 0.25) is 0 Å². The molecule has 3 aromatic heterocycles. The van der Waals surface area contributed by atoms with Gasteiger partial charge in [-0.2, -0.15) is 0 Å². The summed E-state index contributed by atoms with van der Waals surface area (Å²) in [5, 5.41) is 4.68. The first-order valence-corrected chi connectivity index (χ1v) is 16.4. The minimum absolute atomic E-state index is 0.0595. The highest BCUT2D eigenvalue weighted by Gasteiger charge is 2.57. The first-order chi connectivity index (χ1) is 23.4. The maximum Gasteiger partial charge on any atom is 0.408 e. The monoisotopic (exact) mass is 662 g/mol. The molecule has 4 aromatic rings. The number of methoxy groups -OCH3 is 1. The summed E-state index contributed by atoms with van der Waals surface area (Å²) in [4.78, 5) is 70.0. The lowest BCUT2D eigenvalue weighted by atomic mass is 9.74. The summed E-state index contributed by atoms with van der Waals surface area (Å²) in [6.45, 7) is 6.27. The Morgan fingerprint density at radius 2 is 1.69 bits per heavy atom. The first kappa shape index (κ1) is 32.2. The summed E-state index contributed by atoms with van der Waals surface area (Å²) in [7, 11) is 1.31. The molecule has 0 atom stereocenters. The molecule has 3 amide bonds. The average Bonchev–Trinajstić information content (AvgIpc) is 3.84. The van der Waals surface area contributed by atoms with Crippen molar-refractivity contribution in [2.75, 3.05) is 25.1 Å². The minimum atomic E-state index is -0.956. The molecular formula is C37H38N6O6. The topological polar surface area (TPSA) is 144 Å².